The summed E-state index contributed by atoms with van der Waals surface area (Å²) in [5.74, 6) is 0.353. The van der Waals surface area contributed by atoms with Gasteiger partial charge in [0.15, 0.2) is 4.60 Å². The number of aliphatic hydroxyl groups is 1. The molecule has 0 amide bonds. The fourth-order valence-electron chi connectivity index (χ4n) is 1.52. The average molecular weight is 232 g/mol. The molecular formula is C7H10BrN3O. The van der Waals surface area contributed by atoms with Crippen LogP contribution in [0.4, 0.5) is 0 Å². The van der Waals surface area contributed by atoms with Crippen LogP contribution in [0.2, 0.25) is 0 Å². The van der Waals surface area contributed by atoms with Crippen molar-refractivity contribution >= 4 is 15.9 Å². The largest absolute Gasteiger partial charge is 0.396 e. The highest BCUT2D eigenvalue weighted by atomic mass is 79.9. The molecule has 0 spiro atoms. The van der Waals surface area contributed by atoms with Gasteiger partial charge in [0.2, 0.25) is 0 Å². The molecule has 0 aliphatic carbocycles. The summed E-state index contributed by atoms with van der Waals surface area (Å²) in [6.07, 6.45) is 1.99. The van der Waals surface area contributed by atoms with Crippen LogP contribution in [0.1, 0.15) is 12.1 Å². The highest BCUT2D eigenvalue weighted by molar-refractivity contribution is 9.10. The molecule has 1 N–H and O–H groups in total. The minimum atomic E-state index is 0.247. The van der Waals surface area contributed by atoms with Gasteiger partial charge in [-0.15, -0.1) is 5.10 Å². The molecule has 0 bridgehead atoms. The number of hydrogen-bond acceptors (Lipinski definition) is 3. The second kappa shape index (κ2) is 3.14. The summed E-state index contributed by atoms with van der Waals surface area (Å²) in [6.45, 7) is 1.04. The smallest absolute Gasteiger partial charge is 0.151 e. The van der Waals surface area contributed by atoms with E-state index >= 15 is 0 Å². The Kier molecular flexibility index (Phi) is 2.14. The lowest BCUT2D eigenvalue weighted by Gasteiger charge is -2.20. The van der Waals surface area contributed by atoms with E-state index in [0.29, 0.717) is 5.92 Å². The molecule has 1 atom stereocenters. The van der Waals surface area contributed by atoms with Crippen molar-refractivity contribution in [2.24, 2.45) is 5.92 Å². The van der Waals surface area contributed by atoms with Gasteiger partial charge in [-0.05, 0) is 28.8 Å². The molecule has 1 aromatic heterocycles. The van der Waals surface area contributed by atoms with Crippen LogP contribution >= 0.6 is 15.9 Å². The predicted molar refractivity (Wildman–Crippen MR) is 46.6 cm³/mol. The van der Waals surface area contributed by atoms with E-state index in [1.165, 1.54) is 0 Å². The van der Waals surface area contributed by atoms with Crippen molar-refractivity contribution in [2.75, 3.05) is 6.61 Å². The summed E-state index contributed by atoms with van der Waals surface area (Å²) in [5.41, 5.74) is 1.15. The SMILES string of the molecule is OCC1CCc2c(Br)nnn2C1. The highest BCUT2D eigenvalue weighted by Gasteiger charge is 2.21. The maximum Gasteiger partial charge on any atom is 0.151 e. The molecular weight excluding hydrogens is 222 g/mol. The van der Waals surface area contributed by atoms with E-state index in [1.54, 1.807) is 0 Å². The van der Waals surface area contributed by atoms with Crippen LogP contribution in [-0.4, -0.2) is 26.7 Å². The van der Waals surface area contributed by atoms with Crippen LogP contribution in [-0.2, 0) is 13.0 Å². The third kappa shape index (κ3) is 1.27. The number of fused-ring (bicyclic) bond motifs is 1. The van der Waals surface area contributed by atoms with Crippen LogP contribution in [0, 0.1) is 5.92 Å². The van der Waals surface area contributed by atoms with E-state index in [1.807, 2.05) is 4.68 Å². The number of hydrogen-bond donors (Lipinski definition) is 1. The topological polar surface area (TPSA) is 50.9 Å². The molecule has 0 aromatic carbocycles. The minimum Gasteiger partial charge on any atom is -0.396 e. The van der Waals surface area contributed by atoms with Gasteiger partial charge in [-0.3, -0.25) is 0 Å². The first-order valence-corrected chi connectivity index (χ1v) is 4.79. The Morgan fingerprint density at radius 2 is 2.50 bits per heavy atom. The summed E-state index contributed by atoms with van der Waals surface area (Å²) in [4.78, 5) is 0. The maximum atomic E-state index is 8.95. The third-order valence-electron chi connectivity index (χ3n) is 2.27. The summed E-state index contributed by atoms with van der Waals surface area (Å²) < 4.78 is 2.72. The van der Waals surface area contributed by atoms with Crippen LogP contribution < -0.4 is 0 Å². The van der Waals surface area contributed by atoms with Gasteiger partial charge in [0.1, 0.15) is 0 Å². The molecule has 0 saturated heterocycles. The van der Waals surface area contributed by atoms with E-state index in [9.17, 15) is 0 Å². The highest BCUT2D eigenvalue weighted by Crippen LogP contribution is 2.23. The molecule has 66 valence electrons. The maximum absolute atomic E-state index is 8.95. The zero-order chi connectivity index (χ0) is 8.55. The van der Waals surface area contributed by atoms with E-state index in [0.717, 1.165) is 29.7 Å². The van der Waals surface area contributed by atoms with Crippen molar-refractivity contribution in [2.45, 2.75) is 19.4 Å². The first kappa shape index (κ1) is 8.19. The number of aromatic nitrogens is 3. The van der Waals surface area contributed by atoms with Crippen LogP contribution in [0.25, 0.3) is 0 Å². The average Bonchev–Trinajstić information content (AvgIpc) is 2.47. The zero-order valence-corrected chi connectivity index (χ0v) is 8.16. The number of rotatable bonds is 1. The van der Waals surface area contributed by atoms with Gasteiger partial charge >= 0.3 is 0 Å². The molecule has 2 rings (SSSR count). The molecule has 1 unspecified atom stereocenters. The Balaban J connectivity index is 2.24. The molecule has 5 heteroatoms. The minimum absolute atomic E-state index is 0.247. The Morgan fingerprint density at radius 3 is 3.25 bits per heavy atom. The molecule has 0 fully saturated rings. The Morgan fingerprint density at radius 1 is 1.67 bits per heavy atom. The molecule has 4 nitrogen and oxygen atoms in total. The summed E-state index contributed by atoms with van der Waals surface area (Å²) in [6, 6.07) is 0. The molecule has 1 aromatic rings. The zero-order valence-electron chi connectivity index (χ0n) is 6.57. The Labute approximate surface area is 78.7 Å². The molecule has 0 radical (unpaired) electrons. The quantitative estimate of drug-likeness (QED) is 0.771. The van der Waals surface area contributed by atoms with Crippen LogP contribution in [0.3, 0.4) is 0 Å². The normalized spacial score (nSPS) is 22.3. The number of nitrogens with zero attached hydrogens (tertiary/aromatic N) is 3. The Hall–Kier alpha value is -0.420. The predicted octanol–water partition coefficient (Wildman–Crippen LogP) is 0.595. The van der Waals surface area contributed by atoms with E-state index < -0.39 is 0 Å². The third-order valence-corrected chi connectivity index (χ3v) is 2.89. The van der Waals surface area contributed by atoms with Crippen molar-refractivity contribution in [3.8, 4) is 0 Å². The van der Waals surface area contributed by atoms with E-state index in [4.69, 9.17) is 5.11 Å². The lowest BCUT2D eigenvalue weighted by molar-refractivity contribution is 0.185. The van der Waals surface area contributed by atoms with Gasteiger partial charge < -0.3 is 5.11 Å². The van der Waals surface area contributed by atoms with E-state index in [2.05, 4.69) is 26.2 Å². The van der Waals surface area contributed by atoms with Crippen molar-refractivity contribution in [1.82, 2.24) is 15.0 Å². The monoisotopic (exact) mass is 231 g/mol. The summed E-state index contributed by atoms with van der Waals surface area (Å²) >= 11 is 3.34. The number of halogens is 1. The first-order valence-electron chi connectivity index (χ1n) is 4.00. The van der Waals surface area contributed by atoms with E-state index in [-0.39, 0.29) is 6.61 Å². The second-order valence-corrected chi connectivity index (χ2v) is 3.85. The fourth-order valence-corrected chi connectivity index (χ4v) is 1.99. The van der Waals surface area contributed by atoms with Gasteiger partial charge in [-0.25, -0.2) is 4.68 Å². The van der Waals surface area contributed by atoms with Gasteiger partial charge in [0, 0.05) is 19.1 Å². The molecule has 1 aliphatic heterocycles. The van der Waals surface area contributed by atoms with Crippen molar-refractivity contribution in [3.05, 3.63) is 10.3 Å². The van der Waals surface area contributed by atoms with Crippen molar-refractivity contribution < 1.29 is 5.11 Å². The van der Waals surface area contributed by atoms with Crippen LogP contribution in [0.5, 0.6) is 0 Å². The lowest BCUT2D eigenvalue weighted by Crippen LogP contribution is -2.23. The van der Waals surface area contributed by atoms with Gasteiger partial charge in [0.25, 0.3) is 0 Å². The molecule has 2 heterocycles. The van der Waals surface area contributed by atoms with Gasteiger partial charge in [-0.1, -0.05) is 5.21 Å². The first-order chi connectivity index (χ1) is 5.81. The molecule has 12 heavy (non-hydrogen) atoms. The van der Waals surface area contributed by atoms with Crippen LogP contribution in [0.15, 0.2) is 4.60 Å². The molecule has 0 saturated carbocycles. The number of aliphatic hydroxyl groups excluding tert-OH is 1. The lowest BCUT2D eigenvalue weighted by atomic mass is 10.00. The summed E-state index contributed by atoms with van der Waals surface area (Å²) in [5, 5.41) is 16.8. The van der Waals surface area contributed by atoms with Crippen molar-refractivity contribution in [3.63, 3.8) is 0 Å². The molecule has 1 aliphatic rings. The standard InChI is InChI=1S/C7H10BrN3O/c8-7-6-2-1-5(4-12)3-11(6)10-9-7/h5,12H,1-4H2. The second-order valence-electron chi connectivity index (χ2n) is 3.10. The van der Waals surface area contributed by atoms with Crippen molar-refractivity contribution in [1.29, 1.82) is 0 Å². The van der Waals surface area contributed by atoms with Gasteiger partial charge in [-0.2, -0.15) is 0 Å². The van der Waals surface area contributed by atoms with Gasteiger partial charge in [0.05, 0.1) is 5.69 Å². The fraction of sp³-hybridized carbons (Fsp3) is 0.714. The summed E-state index contributed by atoms with van der Waals surface area (Å²) in [7, 11) is 0. The Bertz CT molecular complexity index is 286.